The number of nitrogens with one attached hydrogen (secondary N) is 1. The van der Waals surface area contributed by atoms with E-state index < -0.39 is 0 Å². The van der Waals surface area contributed by atoms with Crippen LogP contribution in [0.5, 0.6) is 0 Å². The van der Waals surface area contributed by atoms with Gasteiger partial charge in [-0.15, -0.1) is 0 Å². The van der Waals surface area contributed by atoms with Crippen LogP contribution in [0.15, 0.2) is 18.2 Å². The van der Waals surface area contributed by atoms with Gasteiger partial charge in [0.2, 0.25) is 0 Å². The van der Waals surface area contributed by atoms with E-state index in [2.05, 4.69) is 23.2 Å². The average molecular weight is 407 g/mol. The molecule has 0 amide bonds. The predicted molar refractivity (Wildman–Crippen MR) is 117 cm³/mol. The van der Waals surface area contributed by atoms with Crippen molar-refractivity contribution < 1.29 is 9.53 Å². The second-order valence-corrected chi connectivity index (χ2v) is 11.0. The van der Waals surface area contributed by atoms with Crippen LogP contribution in [0.25, 0.3) is 11.0 Å². The number of ether oxygens (including phenoxy) is 1. The van der Waals surface area contributed by atoms with E-state index >= 15 is 0 Å². The van der Waals surface area contributed by atoms with Gasteiger partial charge >= 0.3 is 0 Å². The standard InChI is InChI=1S/C26H34N2O2/c29-21(16-26-13-18-7-19(14-26)9-20(8-18)15-26)10-17-4-5-23-24(11-17)28-25(27-23)12-22-3-1-2-6-30-22/h4-5,11,18-20,22H,1-3,6-10,12-16H2,(H,27,28). The molecule has 1 atom stereocenters. The molecule has 0 radical (unpaired) electrons. The first-order chi connectivity index (χ1) is 14.6. The molecule has 1 saturated heterocycles. The molecule has 2 aromatic rings. The van der Waals surface area contributed by atoms with Gasteiger partial charge in [-0.3, -0.25) is 4.79 Å². The fourth-order valence-electron chi connectivity index (χ4n) is 7.72. The second-order valence-electron chi connectivity index (χ2n) is 11.0. The molecule has 1 N–H and O–H groups in total. The van der Waals surface area contributed by atoms with Gasteiger partial charge in [0, 0.05) is 25.9 Å². The molecule has 4 bridgehead atoms. The molecule has 4 saturated carbocycles. The van der Waals surface area contributed by atoms with Crippen LogP contribution in [0.3, 0.4) is 0 Å². The van der Waals surface area contributed by atoms with Gasteiger partial charge in [-0.25, -0.2) is 4.98 Å². The van der Waals surface area contributed by atoms with Gasteiger partial charge < -0.3 is 9.72 Å². The van der Waals surface area contributed by atoms with Crippen molar-refractivity contribution >= 4 is 16.8 Å². The van der Waals surface area contributed by atoms with E-state index in [0.29, 0.717) is 23.7 Å². The summed E-state index contributed by atoms with van der Waals surface area (Å²) in [6.07, 6.45) is 14.4. The Kier molecular flexibility index (Phi) is 4.74. The third kappa shape index (κ3) is 3.72. The summed E-state index contributed by atoms with van der Waals surface area (Å²) in [6.45, 7) is 0.876. The van der Waals surface area contributed by atoms with Crippen LogP contribution in [-0.2, 0) is 22.4 Å². The van der Waals surface area contributed by atoms with Gasteiger partial charge in [0.1, 0.15) is 11.6 Å². The summed E-state index contributed by atoms with van der Waals surface area (Å²) in [5.41, 5.74) is 3.53. The lowest BCUT2D eigenvalue weighted by atomic mass is 9.48. The highest BCUT2D eigenvalue weighted by Gasteiger charge is 2.51. The molecule has 5 fully saturated rings. The fraction of sp³-hybridized carbons (Fsp3) is 0.692. The maximum atomic E-state index is 13.1. The Morgan fingerprint density at radius 2 is 1.87 bits per heavy atom. The Morgan fingerprint density at radius 1 is 1.10 bits per heavy atom. The lowest BCUT2D eigenvalue weighted by molar-refractivity contribution is -0.126. The number of imidazole rings is 1. The minimum atomic E-state index is 0.292. The third-order valence-electron chi connectivity index (χ3n) is 8.43. The number of Topliss-reactive ketones (excluding diaryl/α,β-unsaturated/α-hetero) is 1. The minimum Gasteiger partial charge on any atom is -0.378 e. The van der Waals surface area contributed by atoms with E-state index in [1.165, 1.54) is 51.4 Å². The number of hydrogen-bond acceptors (Lipinski definition) is 3. The smallest absolute Gasteiger partial charge is 0.137 e. The summed E-state index contributed by atoms with van der Waals surface area (Å²) in [7, 11) is 0. The number of aromatic amines is 1. The Labute approximate surface area is 179 Å². The quantitative estimate of drug-likeness (QED) is 0.699. The largest absolute Gasteiger partial charge is 0.378 e. The maximum Gasteiger partial charge on any atom is 0.137 e. The van der Waals surface area contributed by atoms with Crippen LogP contribution in [0.1, 0.15) is 75.6 Å². The van der Waals surface area contributed by atoms with E-state index in [1.54, 1.807) is 0 Å². The predicted octanol–water partition coefficient (Wildman–Crippen LogP) is 5.39. The monoisotopic (exact) mass is 406 g/mol. The normalized spacial score (nSPS) is 35.2. The fourth-order valence-corrected chi connectivity index (χ4v) is 7.72. The minimum absolute atomic E-state index is 0.292. The van der Waals surface area contributed by atoms with E-state index in [4.69, 9.17) is 9.72 Å². The molecule has 7 rings (SSSR count). The Morgan fingerprint density at radius 3 is 2.57 bits per heavy atom. The highest BCUT2D eigenvalue weighted by molar-refractivity contribution is 5.83. The molecule has 1 unspecified atom stereocenters. The number of hydrogen-bond donors (Lipinski definition) is 1. The van der Waals surface area contributed by atoms with Crippen LogP contribution in [0.4, 0.5) is 0 Å². The molecule has 30 heavy (non-hydrogen) atoms. The lowest BCUT2D eigenvalue weighted by Crippen LogP contribution is -2.47. The Hall–Kier alpha value is -1.68. The molecular formula is C26H34N2O2. The van der Waals surface area contributed by atoms with Crippen molar-refractivity contribution in [3.8, 4) is 0 Å². The average Bonchev–Trinajstić information content (AvgIpc) is 3.08. The first-order valence-corrected chi connectivity index (χ1v) is 12.2. The van der Waals surface area contributed by atoms with E-state index in [1.807, 2.05) is 0 Å². The van der Waals surface area contributed by atoms with Crippen molar-refractivity contribution in [3.63, 3.8) is 0 Å². The zero-order valence-corrected chi connectivity index (χ0v) is 18.0. The maximum absolute atomic E-state index is 13.1. The van der Waals surface area contributed by atoms with Crippen molar-refractivity contribution in [2.24, 2.45) is 23.2 Å². The van der Waals surface area contributed by atoms with Crippen LogP contribution < -0.4 is 0 Å². The number of fused-ring (bicyclic) bond motifs is 1. The lowest BCUT2D eigenvalue weighted by Gasteiger charge is -2.56. The summed E-state index contributed by atoms with van der Waals surface area (Å²) in [6, 6.07) is 6.32. The highest BCUT2D eigenvalue weighted by Crippen LogP contribution is 2.61. The summed E-state index contributed by atoms with van der Waals surface area (Å²) >= 11 is 0. The summed E-state index contributed by atoms with van der Waals surface area (Å²) in [5.74, 6) is 4.19. The second kappa shape index (κ2) is 7.47. The molecule has 1 aromatic heterocycles. The van der Waals surface area contributed by atoms with Crippen LogP contribution in [0, 0.1) is 23.2 Å². The van der Waals surface area contributed by atoms with Gasteiger partial charge in [0.25, 0.3) is 0 Å². The van der Waals surface area contributed by atoms with Crippen molar-refractivity contribution in [2.45, 2.75) is 83.2 Å². The van der Waals surface area contributed by atoms with Crippen LogP contribution >= 0.6 is 0 Å². The first kappa shape index (κ1) is 19.0. The zero-order valence-electron chi connectivity index (χ0n) is 18.0. The summed E-state index contributed by atoms with van der Waals surface area (Å²) in [4.78, 5) is 21.3. The number of carbonyl (C=O) groups is 1. The first-order valence-electron chi connectivity index (χ1n) is 12.2. The van der Waals surface area contributed by atoms with Gasteiger partial charge in [-0.2, -0.15) is 0 Å². The number of nitrogens with zero attached hydrogens (tertiary/aromatic N) is 1. The zero-order chi connectivity index (χ0) is 20.1. The van der Waals surface area contributed by atoms with Gasteiger partial charge in [0.05, 0.1) is 17.1 Å². The molecule has 1 aromatic carbocycles. The molecular weight excluding hydrogens is 372 g/mol. The molecule has 5 aliphatic rings. The number of carbonyl (C=O) groups excluding carboxylic acids is 1. The third-order valence-corrected chi connectivity index (χ3v) is 8.43. The molecule has 4 heteroatoms. The number of H-pyrrole nitrogens is 1. The number of ketones is 1. The molecule has 2 heterocycles. The Balaban J connectivity index is 1.12. The molecule has 4 aliphatic carbocycles. The molecule has 0 spiro atoms. The van der Waals surface area contributed by atoms with Crippen molar-refractivity contribution in [1.29, 1.82) is 0 Å². The van der Waals surface area contributed by atoms with E-state index in [0.717, 1.165) is 66.0 Å². The SMILES string of the molecule is O=C(Cc1ccc2nc(CC3CCCCO3)[nH]c2c1)CC12CC3CC(CC(C3)C1)C2. The molecule has 1 aliphatic heterocycles. The number of aromatic nitrogens is 2. The van der Waals surface area contributed by atoms with Crippen molar-refractivity contribution in [3.05, 3.63) is 29.6 Å². The number of rotatable bonds is 6. The Bertz CT molecular complexity index is 904. The van der Waals surface area contributed by atoms with E-state index in [9.17, 15) is 4.79 Å². The molecule has 4 nitrogen and oxygen atoms in total. The summed E-state index contributed by atoms with van der Waals surface area (Å²) in [5, 5.41) is 0. The van der Waals surface area contributed by atoms with Gasteiger partial charge in [-0.1, -0.05) is 6.07 Å². The van der Waals surface area contributed by atoms with Crippen LogP contribution in [0.2, 0.25) is 0 Å². The highest BCUT2D eigenvalue weighted by atomic mass is 16.5. The van der Waals surface area contributed by atoms with Crippen molar-refractivity contribution in [2.75, 3.05) is 6.61 Å². The molecule has 160 valence electrons. The van der Waals surface area contributed by atoms with Gasteiger partial charge in [0.15, 0.2) is 0 Å². The number of benzene rings is 1. The summed E-state index contributed by atoms with van der Waals surface area (Å²) < 4.78 is 5.86. The van der Waals surface area contributed by atoms with Crippen LogP contribution in [-0.4, -0.2) is 28.5 Å². The van der Waals surface area contributed by atoms with E-state index in [-0.39, 0.29) is 0 Å². The topological polar surface area (TPSA) is 55.0 Å². The van der Waals surface area contributed by atoms with Gasteiger partial charge in [-0.05, 0) is 98.7 Å². The van der Waals surface area contributed by atoms with Crippen molar-refractivity contribution in [1.82, 2.24) is 9.97 Å².